The van der Waals surface area contributed by atoms with Gasteiger partial charge in [-0.2, -0.15) is 11.8 Å². The van der Waals surface area contributed by atoms with Gasteiger partial charge < -0.3 is 5.32 Å². The Balaban J connectivity index is 2.59. The van der Waals surface area contributed by atoms with Crippen LogP contribution in [0.4, 0.5) is 11.4 Å². The maximum Gasteiger partial charge on any atom is 0.229 e. The summed E-state index contributed by atoms with van der Waals surface area (Å²) >= 11 is 7.96. The minimum atomic E-state index is -3.26. The second kappa shape index (κ2) is 7.87. The van der Waals surface area contributed by atoms with Crippen LogP contribution in [0, 0.1) is 0 Å². The number of thioether (sulfide) groups is 1. The van der Waals surface area contributed by atoms with E-state index < -0.39 is 10.0 Å². The molecule has 0 spiro atoms. The van der Waals surface area contributed by atoms with Crippen molar-refractivity contribution < 1.29 is 8.42 Å². The van der Waals surface area contributed by atoms with Crippen LogP contribution in [0.1, 0.15) is 13.3 Å². The molecule has 7 heteroatoms. The number of sulfonamides is 1. The lowest BCUT2D eigenvalue weighted by molar-refractivity contribution is 0.607. The van der Waals surface area contributed by atoms with Crippen molar-refractivity contribution in [1.82, 2.24) is 0 Å². The van der Waals surface area contributed by atoms with Crippen LogP contribution in [0.5, 0.6) is 0 Å². The Morgan fingerprint density at radius 2 is 2.11 bits per heavy atom. The van der Waals surface area contributed by atoms with E-state index in [-0.39, 0.29) is 0 Å². The summed E-state index contributed by atoms with van der Waals surface area (Å²) in [5.74, 6) is 2.22. The smallest absolute Gasteiger partial charge is 0.229 e. The highest BCUT2D eigenvalue weighted by Gasteiger charge is 2.05. The number of hydrogen-bond acceptors (Lipinski definition) is 4. The fourth-order valence-electron chi connectivity index (χ4n) is 1.48. The van der Waals surface area contributed by atoms with E-state index in [9.17, 15) is 8.42 Å². The van der Waals surface area contributed by atoms with Crippen LogP contribution in [0.25, 0.3) is 0 Å². The predicted octanol–water partition coefficient (Wildman–Crippen LogP) is 3.27. The predicted molar refractivity (Wildman–Crippen MR) is 86.0 cm³/mol. The average molecular weight is 323 g/mol. The third-order valence-corrected chi connectivity index (χ3v) is 4.18. The second-order valence-corrected chi connectivity index (χ2v) is 7.60. The zero-order chi connectivity index (χ0) is 14.3. The molecule has 19 heavy (non-hydrogen) atoms. The molecule has 0 atom stereocenters. The molecule has 1 aromatic carbocycles. The normalized spacial score (nSPS) is 11.3. The molecular formula is C12H19ClN2O2S2. The summed E-state index contributed by atoms with van der Waals surface area (Å²) in [6.45, 7) is 2.95. The van der Waals surface area contributed by atoms with Crippen LogP contribution in [-0.2, 0) is 10.0 Å². The lowest BCUT2D eigenvalue weighted by Gasteiger charge is -2.11. The van der Waals surface area contributed by atoms with Crippen LogP contribution in [-0.4, -0.2) is 32.7 Å². The largest absolute Gasteiger partial charge is 0.384 e. The van der Waals surface area contributed by atoms with E-state index in [1.807, 2.05) is 11.8 Å². The molecular weight excluding hydrogens is 304 g/mol. The van der Waals surface area contributed by atoms with Crippen molar-refractivity contribution in [1.29, 1.82) is 0 Å². The molecule has 0 radical (unpaired) electrons. The van der Waals surface area contributed by atoms with E-state index in [1.54, 1.807) is 18.2 Å². The van der Waals surface area contributed by atoms with Crippen LogP contribution in [0.15, 0.2) is 18.2 Å². The van der Waals surface area contributed by atoms with Crippen molar-refractivity contribution in [3.8, 4) is 0 Å². The fourth-order valence-corrected chi connectivity index (χ4v) is 2.86. The van der Waals surface area contributed by atoms with Crippen molar-refractivity contribution in [3.05, 3.63) is 23.2 Å². The van der Waals surface area contributed by atoms with Gasteiger partial charge in [-0.05, 0) is 36.1 Å². The molecule has 0 aromatic heterocycles. The standard InChI is InChI=1S/C12H19ClN2O2S2/c1-3-18-8-4-7-14-12-9-10(5-6-11(12)13)15-19(2,16)17/h5-6,9,14-15H,3-4,7-8H2,1-2H3. The van der Waals surface area contributed by atoms with Gasteiger partial charge in [0.25, 0.3) is 0 Å². The summed E-state index contributed by atoms with van der Waals surface area (Å²) in [7, 11) is -3.26. The van der Waals surface area contributed by atoms with Crippen molar-refractivity contribution in [2.75, 3.05) is 34.3 Å². The summed E-state index contributed by atoms with van der Waals surface area (Å²) in [6, 6.07) is 5.02. The lowest BCUT2D eigenvalue weighted by atomic mass is 10.3. The number of nitrogens with one attached hydrogen (secondary N) is 2. The first-order valence-corrected chi connectivity index (χ1v) is 9.43. The Labute approximate surface area is 124 Å². The summed E-state index contributed by atoms with van der Waals surface area (Å²) in [6.07, 6.45) is 2.16. The first-order chi connectivity index (χ1) is 8.92. The second-order valence-electron chi connectivity index (χ2n) is 4.05. The molecule has 0 aliphatic carbocycles. The van der Waals surface area contributed by atoms with Gasteiger partial charge in [-0.15, -0.1) is 0 Å². The van der Waals surface area contributed by atoms with E-state index in [0.29, 0.717) is 10.7 Å². The molecule has 0 saturated carbocycles. The summed E-state index contributed by atoms with van der Waals surface area (Å²) in [4.78, 5) is 0. The highest BCUT2D eigenvalue weighted by molar-refractivity contribution is 7.99. The minimum Gasteiger partial charge on any atom is -0.384 e. The Kier molecular flexibility index (Phi) is 6.82. The van der Waals surface area contributed by atoms with Gasteiger partial charge in [-0.3, -0.25) is 4.72 Å². The zero-order valence-electron chi connectivity index (χ0n) is 11.1. The van der Waals surface area contributed by atoms with E-state index in [0.717, 1.165) is 36.4 Å². The van der Waals surface area contributed by atoms with Crippen molar-refractivity contribution in [2.45, 2.75) is 13.3 Å². The van der Waals surface area contributed by atoms with E-state index in [2.05, 4.69) is 17.0 Å². The molecule has 0 aliphatic rings. The molecule has 2 N–H and O–H groups in total. The van der Waals surface area contributed by atoms with Gasteiger partial charge in [0.15, 0.2) is 0 Å². The Bertz CT molecular complexity index is 506. The molecule has 0 saturated heterocycles. The lowest BCUT2D eigenvalue weighted by Crippen LogP contribution is -2.10. The topological polar surface area (TPSA) is 58.2 Å². The number of hydrogen-bond donors (Lipinski definition) is 2. The minimum absolute atomic E-state index is 0.511. The quantitative estimate of drug-likeness (QED) is 0.721. The third kappa shape index (κ3) is 6.94. The van der Waals surface area contributed by atoms with Gasteiger partial charge in [-0.25, -0.2) is 8.42 Å². The highest BCUT2D eigenvalue weighted by atomic mass is 35.5. The van der Waals surface area contributed by atoms with Gasteiger partial charge in [0, 0.05) is 6.54 Å². The van der Waals surface area contributed by atoms with Gasteiger partial charge in [0.2, 0.25) is 10.0 Å². The number of rotatable bonds is 8. The molecule has 0 unspecified atom stereocenters. The van der Waals surface area contributed by atoms with Gasteiger partial charge in [-0.1, -0.05) is 18.5 Å². The molecule has 1 aromatic rings. The Morgan fingerprint density at radius 3 is 2.74 bits per heavy atom. The summed E-state index contributed by atoms with van der Waals surface area (Å²) in [5.41, 5.74) is 1.26. The fraction of sp³-hybridized carbons (Fsp3) is 0.500. The van der Waals surface area contributed by atoms with Gasteiger partial charge in [0.1, 0.15) is 0 Å². The molecule has 0 bridgehead atoms. The maximum atomic E-state index is 11.2. The van der Waals surface area contributed by atoms with E-state index >= 15 is 0 Å². The van der Waals surface area contributed by atoms with Crippen LogP contribution in [0.3, 0.4) is 0 Å². The molecule has 0 amide bonds. The Hall–Kier alpha value is -0.590. The molecule has 0 heterocycles. The zero-order valence-corrected chi connectivity index (χ0v) is 13.5. The average Bonchev–Trinajstić information content (AvgIpc) is 2.31. The third-order valence-electron chi connectivity index (χ3n) is 2.25. The van der Waals surface area contributed by atoms with Crippen LogP contribution >= 0.6 is 23.4 Å². The van der Waals surface area contributed by atoms with Gasteiger partial charge in [0.05, 0.1) is 22.7 Å². The first-order valence-electron chi connectivity index (χ1n) is 6.01. The van der Waals surface area contributed by atoms with E-state index in [1.165, 1.54) is 0 Å². The molecule has 4 nitrogen and oxygen atoms in total. The molecule has 0 fully saturated rings. The van der Waals surface area contributed by atoms with Crippen molar-refractivity contribution in [3.63, 3.8) is 0 Å². The highest BCUT2D eigenvalue weighted by Crippen LogP contribution is 2.26. The SMILES string of the molecule is CCSCCCNc1cc(NS(C)(=O)=O)ccc1Cl. The summed E-state index contributed by atoms with van der Waals surface area (Å²) in [5, 5.41) is 3.80. The molecule has 1 rings (SSSR count). The Morgan fingerprint density at radius 1 is 1.37 bits per heavy atom. The van der Waals surface area contributed by atoms with Crippen LogP contribution < -0.4 is 10.0 Å². The number of halogens is 1. The first kappa shape index (κ1) is 16.5. The van der Waals surface area contributed by atoms with Crippen LogP contribution in [0.2, 0.25) is 5.02 Å². The summed E-state index contributed by atoms with van der Waals surface area (Å²) < 4.78 is 24.8. The number of benzene rings is 1. The monoisotopic (exact) mass is 322 g/mol. The van der Waals surface area contributed by atoms with E-state index in [4.69, 9.17) is 11.6 Å². The van der Waals surface area contributed by atoms with Crippen molar-refractivity contribution >= 4 is 44.8 Å². The molecule has 108 valence electrons. The number of anilines is 2. The van der Waals surface area contributed by atoms with Gasteiger partial charge >= 0.3 is 0 Å². The van der Waals surface area contributed by atoms with Crippen molar-refractivity contribution in [2.24, 2.45) is 0 Å². The molecule has 0 aliphatic heterocycles. The maximum absolute atomic E-state index is 11.2.